The van der Waals surface area contributed by atoms with Crippen LogP contribution in [0.3, 0.4) is 0 Å². The van der Waals surface area contributed by atoms with Gasteiger partial charge in [0.25, 0.3) is 0 Å². The summed E-state index contributed by atoms with van der Waals surface area (Å²) in [7, 11) is 0. The van der Waals surface area contributed by atoms with Crippen molar-refractivity contribution >= 4 is 0 Å². The zero-order valence-corrected chi connectivity index (χ0v) is 11.9. The van der Waals surface area contributed by atoms with E-state index in [1.165, 1.54) is 0 Å². The number of aromatic nitrogens is 2. The maximum absolute atomic E-state index is 11.9. The lowest BCUT2D eigenvalue weighted by molar-refractivity contribution is -0.173. The molecule has 0 saturated heterocycles. The molecule has 4 nitrogen and oxygen atoms in total. The molecule has 0 radical (unpaired) electrons. The Hall–Kier alpha value is -1.21. The van der Waals surface area contributed by atoms with Gasteiger partial charge in [0.1, 0.15) is 12.4 Å². The number of hydrogen-bond acceptors (Lipinski definition) is 4. The molecule has 0 amide bonds. The first-order valence-corrected chi connectivity index (χ1v) is 6.53. The molecule has 0 saturated carbocycles. The molecule has 20 heavy (non-hydrogen) atoms. The maximum Gasteiger partial charge on any atom is 0.411 e. The zero-order valence-electron chi connectivity index (χ0n) is 11.9. The molecule has 7 heteroatoms. The quantitative estimate of drug-likeness (QED) is 0.784. The van der Waals surface area contributed by atoms with Gasteiger partial charge in [-0.2, -0.15) is 13.2 Å². The van der Waals surface area contributed by atoms with Gasteiger partial charge in [-0.25, -0.2) is 9.97 Å². The van der Waals surface area contributed by atoms with E-state index in [9.17, 15) is 13.2 Å². The molecule has 1 rings (SSSR count). The molecule has 0 bridgehead atoms. The minimum atomic E-state index is -4.29. The molecular formula is C13H20F3N3O. The van der Waals surface area contributed by atoms with E-state index in [4.69, 9.17) is 0 Å². The Morgan fingerprint density at radius 1 is 1.40 bits per heavy atom. The lowest BCUT2D eigenvalue weighted by atomic mass is 10.1. The lowest BCUT2D eigenvalue weighted by Gasteiger charge is -2.15. The van der Waals surface area contributed by atoms with Crippen LogP contribution in [0.15, 0.2) is 6.20 Å². The highest BCUT2D eigenvalue weighted by molar-refractivity contribution is 5.19. The van der Waals surface area contributed by atoms with E-state index in [1.54, 1.807) is 6.20 Å². The smallest absolute Gasteiger partial charge is 0.372 e. The Morgan fingerprint density at radius 3 is 2.65 bits per heavy atom. The molecule has 1 heterocycles. The van der Waals surface area contributed by atoms with Gasteiger partial charge < -0.3 is 10.1 Å². The van der Waals surface area contributed by atoms with E-state index in [-0.39, 0.29) is 19.1 Å². The van der Waals surface area contributed by atoms with Gasteiger partial charge in [-0.1, -0.05) is 6.92 Å². The van der Waals surface area contributed by atoms with E-state index >= 15 is 0 Å². The van der Waals surface area contributed by atoms with Crippen LogP contribution in [0.1, 0.15) is 37.0 Å². The van der Waals surface area contributed by atoms with Crippen LogP contribution in [0, 0.1) is 6.92 Å². The van der Waals surface area contributed by atoms with E-state index in [2.05, 4.69) is 20.0 Å². The van der Waals surface area contributed by atoms with Gasteiger partial charge in [0, 0.05) is 29.9 Å². The van der Waals surface area contributed by atoms with Crippen LogP contribution in [-0.2, 0) is 11.2 Å². The number of aryl methyl sites for hydroxylation is 1. The van der Waals surface area contributed by atoms with Crippen molar-refractivity contribution in [2.45, 2.75) is 39.4 Å². The molecule has 1 unspecified atom stereocenters. The van der Waals surface area contributed by atoms with E-state index in [0.29, 0.717) is 5.82 Å². The highest BCUT2D eigenvalue weighted by atomic mass is 19.4. The molecular weight excluding hydrogens is 271 g/mol. The summed E-state index contributed by atoms with van der Waals surface area (Å²) in [5.74, 6) is 0.497. The van der Waals surface area contributed by atoms with Crippen molar-refractivity contribution in [3.63, 3.8) is 0 Å². The van der Waals surface area contributed by atoms with E-state index < -0.39 is 12.8 Å². The Balaban J connectivity index is 2.51. The average molecular weight is 291 g/mol. The largest absolute Gasteiger partial charge is 0.411 e. The van der Waals surface area contributed by atoms with Gasteiger partial charge in [-0.15, -0.1) is 0 Å². The van der Waals surface area contributed by atoms with Crippen LogP contribution >= 0.6 is 0 Å². The molecule has 0 aliphatic rings. The van der Waals surface area contributed by atoms with Crippen molar-refractivity contribution in [1.29, 1.82) is 0 Å². The molecule has 1 aromatic heterocycles. The van der Waals surface area contributed by atoms with Gasteiger partial charge >= 0.3 is 6.18 Å². The van der Waals surface area contributed by atoms with Crippen molar-refractivity contribution in [1.82, 2.24) is 15.3 Å². The molecule has 0 aliphatic heterocycles. The summed E-state index contributed by atoms with van der Waals surface area (Å²) < 4.78 is 40.2. The minimum absolute atomic E-state index is 0.0406. The number of halogens is 3. The topological polar surface area (TPSA) is 47.0 Å². The first-order chi connectivity index (χ1) is 9.33. The van der Waals surface area contributed by atoms with E-state index in [1.807, 2.05) is 20.8 Å². The van der Waals surface area contributed by atoms with Crippen LogP contribution in [0.5, 0.6) is 0 Å². The van der Waals surface area contributed by atoms with Crippen molar-refractivity contribution in [3.8, 4) is 0 Å². The normalized spacial score (nSPS) is 13.5. The number of nitrogens with one attached hydrogen (secondary N) is 1. The van der Waals surface area contributed by atoms with Crippen LogP contribution in [0.4, 0.5) is 13.2 Å². The third kappa shape index (κ3) is 5.83. The highest BCUT2D eigenvalue weighted by Gasteiger charge is 2.27. The first kappa shape index (κ1) is 16.8. The van der Waals surface area contributed by atoms with Gasteiger partial charge in [0.2, 0.25) is 0 Å². The fourth-order valence-corrected chi connectivity index (χ4v) is 1.84. The van der Waals surface area contributed by atoms with Crippen LogP contribution in [-0.4, -0.2) is 35.9 Å². The molecule has 0 spiro atoms. The van der Waals surface area contributed by atoms with Crippen molar-refractivity contribution in [3.05, 3.63) is 23.3 Å². The number of alkyl halides is 3. The number of hydrogen-bond donors (Lipinski definition) is 1. The summed E-state index contributed by atoms with van der Waals surface area (Å²) in [6.07, 6.45) is -2.30. The predicted octanol–water partition coefficient (Wildman–Crippen LogP) is 2.58. The molecule has 1 atom stereocenters. The summed E-state index contributed by atoms with van der Waals surface area (Å²) >= 11 is 0. The standard InChI is InChI=1S/C13H20F3N3O/c1-4-17-9(2)11-7-18-12(19-10(11)3)5-6-20-8-13(14,15)16/h7,9,17H,4-6,8H2,1-3H3. The minimum Gasteiger partial charge on any atom is -0.372 e. The first-order valence-electron chi connectivity index (χ1n) is 6.53. The van der Waals surface area contributed by atoms with Crippen LogP contribution < -0.4 is 5.32 Å². The lowest BCUT2D eigenvalue weighted by Crippen LogP contribution is -2.20. The second-order valence-corrected chi connectivity index (χ2v) is 4.52. The Labute approximate surface area is 116 Å². The van der Waals surface area contributed by atoms with E-state index in [0.717, 1.165) is 17.8 Å². The molecule has 0 aliphatic carbocycles. The second kappa shape index (κ2) is 7.54. The van der Waals surface area contributed by atoms with Gasteiger partial charge in [-0.3, -0.25) is 0 Å². The third-order valence-corrected chi connectivity index (χ3v) is 2.78. The Kier molecular flexibility index (Phi) is 6.35. The summed E-state index contributed by atoms with van der Waals surface area (Å²) in [6, 6.07) is 0.149. The Morgan fingerprint density at radius 2 is 2.10 bits per heavy atom. The van der Waals surface area contributed by atoms with Gasteiger partial charge in [0.15, 0.2) is 0 Å². The number of ether oxygens (including phenoxy) is 1. The monoisotopic (exact) mass is 291 g/mol. The SMILES string of the molecule is CCNC(C)c1cnc(CCOCC(F)(F)F)nc1C. The van der Waals surface area contributed by atoms with Gasteiger partial charge in [-0.05, 0) is 20.4 Å². The molecule has 114 valence electrons. The van der Waals surface area contributed by atoms with Crippen molar-refractivity contribution < 1.29 is 17.9 Å². The summed E-state index contributed by atoms with van der Waals surface area (Å²) in [5.41, 5.74) is 1.83. The third-order valence-electron chi connectivity index (χ3n) is 2.78. The van der Waals surface area contributed by atoms with Crippen LogP contribution in [0.2, 0.25) is 0 Å². The van der Waals surface area contributed by atoms with Gasteiger partial charge in [0.05, 0.1) is 6.61 Å². The average Bonchev–Trinajstić information content (AvgIpc) is 2.34. The molecule has 0 fully saturated rings. The number of nitrogens with zero attached hydrogens (tertiary/aromatic N) is 2. The van der Waals surface area contributed by atoms with Crippen molar-refractivity contribution in [2.24, 2.45) is 0 Å². The predicted molar refractivity (Wildman–Crippen MR) is 69.4 cm³/mol. The number of rotatable bonds is 7. The molecule has 0 aromatic carbocycles. The molecule has 1 aromatic rings. The summed E-state index contributed by atoms with van der Waals surface area (Å²) in [6.45, 7) is 5.46. The summed E-state index contributed by atoms with van der Waals surface area (Å²) in [5, 5.41) is 3.26. The zero-order chi connectivity index (χ0) is 15.2. The Bertz CT molecular complexity index is 424. The van der Waals surface area contributed by atoms with Crippen LogP contribution in [0.25, 0.3) is 0 Å². The second-order valence-electron chi connectivity index (χ2n) is 4.52. The fraction of sp³-hybridized carbons (Fsp3) is 0.692. The highest BCUT2D eigenvalue weighted by Crippen LogP contribution is 2.16. The van der Waals surface area contributed by atoms with Crippen molar-refractivity contribution in [2.75, 3.05) is 19.8 Å². The summed E-state index contributed by atoms with van der Waals surface area (Å²) in [4.78, 5) is 8.46. The maximum atomic E-state index is 11.9. The fourth-order valence-electron chi connectivity index (χ4n) is 1.84. The molecule has 1 N–H and O–H groups in total.